The molecular formula is C12H18N2O2S2. The molecule has 6 heteroatoms. The monoisotopic (exact) mass is 286 g/mol. The van der Waals surface area contributed by atoms with Gasteiger partial charge in [-0.15, -0.1) is 0 Å². The second-order valence-corrected chi connectivity index (χ2v) is 7.08. The lowest BCUT2D eigenvalue weighted by Crippen LogP contribution is -2.22. The minimum absolute atomic E-state index is 0.0540. The van der Waals surface area contributed by atoms with Crippen molar-refractivity contribution in [2.24, 2.45) is 5.73 Å². The Morgan fingerprint density at radius 2 is 1.83 bits per heavy atom. The summed E-state index contributed by atoms with van der Waals surface area (Å²) >= 11 is 4.84. The first-order valence-electron chi connectivity index (χ1n) is 5.54. The fourth-order valence-electron chi connectivity index (χ4n) is 1.41. The molecule has 100 valence electrons. The highest BCUT2D eigenvalue weighted by Gasteiger charge is 2.12. The van der Waals surface area contributed by atoms with E-state index in [0.717, 1.165) is 11.1 Å². The molecule has 18 heavy (non-hydrogen) atoms. The van der Waals surface area contributed by atoms with Gasteiger partial charge in [0.2, 0.25) is 0 Å². The number of thiocarbonyl (C=S) groups is 1. The number of nitrogens with zero attached hydrogens (tertiary/aromatic N) is 1. The predicted molar refractivity (Wildman–Crippen MR) is 78.4 cm³/mol. The van der Waals surface area contributed by atoms with Crippen LogP contribution < -0.4 is 5.73 Å². The van der Waals surface area contributed by atoms with Gasteiger partial charge in [0.1, 0.15) is 4.99 Å². The zero-order chi connectivity index (χ0) is 13.8. The molecule has 0 fully saturated rings. The first kappa shape index (κ1) is 15.1. The standard InChI is InChI=1S/C12H18N2O2S2/c1-14(2)7-8-18(15,16)9-10-3-5-11(6-4-10)12(13)17/h3-6H,7-9H2,1-2H3,(H2,13,17). The summed E-state index contributed by atoms with van der Waals surface area (Å²) in [5.74, 6) is 0.218. The molecule has 1 aromatic carbocycles. The van der Waals surface area contributed by atoms with Crippen molar-refractivity contribution in [2.45, 2.75) is 5.75 Å². The highest BCUT2D eigenvalue weighted by molar-refractivity contribution is 7.90. The third-order valence-corrected chi connectivity index (χ3v) is 4.29. The van der Waals surface area contributed by atoms with Gasteiger partial charge in [-0.25, -0.2) is 8.42 Å². The molecular weight excluding hydrogens is 268 g/mol. The second kappa shape index (κ2) is 6.26. The SMILES string of the molecule is CN(C)CCS(=O)(=O)Cc1ccc(C(N)=S)cc1. The summed E-state index contributed by atoms with van der Waals surface area (Å²) < 4.78 is 23.7. The quantitative estimate of drug-likeness (QED) is 0.784. The molecule has 1 aromatic rings. The molecule has 0 amide bonds. The highest BCUT2D eigenvalue weighted by Crippen LogP contribution is 2.09. The van der Waals surface area contributed by atoms with Crippen LogP contribution in [0.2, 0.25) is 0 Å². The van der Waals surface area contributed by atoms with E-state index in [1.807, 2.05) is 19.0 Å². The molecule has 0 radical (unpaired) electrons. The van der Waals surface area contributed by atoms with Crippen molar-refractivity contribution in [3.05, 3.63) is 35.4 Å². The summed E-state index contributed by atoms with van der Waals surface area (Å²) in [5, 5.41) is 0. The van der Waals surface area contributed by atoms with Crippen LogP contribution in [0.1, 0.15) is 11.1 Å². The van der Waals surface area contributed by atoms with Gasteiger partial charge >= 0.3 is 0 Å². The average Bonchev–Trinajstić information content (AvgIpc) is 2.27. The second-order valence-electron chi connectivity index (χ2n) is 4.46. The number of sulfone groups is 1. The van der Waals surface area contributed by atoms with Gasteiger partial charge < -0.3 is 10.6 Å². The Labute approximate surface area is 114 Å². The molecule has 0 saturated carbocycles. The van der Waals surface area contributed by atoms with Crippen LogP contribution in [0.5, 0.6) is 0 Å². The maximum absolute atomic E-state index is 11.8. The first-order chi connectivity index (χ1) is 8.30. The van der Waals surface area contributed by atoms with Gasteiger partial charge in [0.25, 0.3) is 0 Å². The summed E-state index contributed by atoms with van der Waals surface area (Å²) in [6, 6.07) is 7.00. The molecule has 0 aliphatic heterocycles. The van der Waals surface area contributed by atoms with Crippen LogP contribution in [-0.4, -0.2) is 44.7 Å². The smallest absolute Gasteiger partial charge is 0.155 e. The Bertz CT molecular complexity index is 507. The van der Waals surface area contributed by atoms with Crippen LogP contribution in [0.25, 0.3) is 0 Å². The maximum atomic E-state index is 11.8. The first-order valence-corrected chi connectivity index (χ1v) is 7.77. The third kappa shape index (κ3) is 5.12. The minimum Gasteiger partial charge on any atom is -0.389 e. The van der Waals surface area contributed by atoms with Crippen LogP contribution >= 0.6 is 12.2 Å². The third-order valence-electron chi connectivity index (χ3n) is 2.47. The van der Waals surface area contributed by atoms with E-state index in [0.29, 0.717) is 11.5 Å². The molecule has 0 bridgehead atoms. The van der Waals surface area contributed by atoms with Crippen LogP contribution in [0.3, 0.4) is 0 Å². The van der Waals surface area contributed by atoms with Gasteiger partial charge in [0.05, 0.1) is 11.5 Å². The topological polar surface area (TPSA) is 63.4 Å². The van der Waals surface area contributed by atoms with E-state index in [-0.39, 0.29) is 11.5 Å². The molecule has 0 atom stereocenters. The van der Waals surface area contributed by atoms with Crippen molar-refractivity contribution in [1.82, 2.24) is 4.90 Å². The van der Waals surface area contributed by atoms with Crippen LogP contribution in [0, 0.1) is 0 Å². The minimum atomic E-state index is -3.07. The van der Waals surface area contributed by atoms with E-state index in [1.54, 1.807) is 24.3 Å². The lowest BCUT2D eigenvalue weighted by atomic mass is 10.1. The van der Waals surface area contributed by atoms with Crippen LogP contribution in [0.15, 0.2) is 24.3 Å². The molecule has 0 aliphatic rings. The van der Waals surface area contributed by atoms with Gasteiger partial charge in [0, 0.05) is 12.1 Å². The average molecular weight is 286 g/mol. The number of hydrogen-bond donors (Lipinski definition) is 1. The zero-order valence-electron chi connectivity index (χ0n) is 10.6. The summed E-state index contributed by atoms with van der Waals surface area (Å²) in [6.07, 6.45) is 0. The van der Waals surface area contributed by atoms with E-state index in [1.165, 1.54) is 0 Å². The van der Waals surface area contributed by atoms with Gasteiger partial charge in [0.15, 0.2) is 9.84 Å². The number of hydrogen-bond acceptors (Lipinski definition) is 4. The molecule has 0 heterocycles. The van der Waals surface area contributed by atoms with Crippen molar-refractivity contribution in [3.63, 3.8) is 0 Å². The summed E-state index contributed by atoms with van der Waals surface area (Å²) in [7, 11) is 0.639. The van der Waals surface area contributed by atoms with E-state index in [4.69, 9.17) is 18.0 Å². The lowest BCUT2D eigenvalue weighted by molar-refractivity contribution is 0.432. The van der Waals surface area contributed by atoms with Crippen molar-refractivity contribution >= 4 is 27.0 Å². The Hall–Kier alpha value is -0.980. The Morgan fingerprint density at radius 1 is 1.28 bits per heavy atom. The number of rotatable bonds is 6. The van der Waals surface area contributed by atoms with Crippen molar-refractivity contribution in [1.29, 1.82) is 0 Å². The molecule has 0 aromatic heterocycles. The highest BCUT2D eigenvalue weighted by atomic mass is 32.2. The Kier molecular flexibility index (Phi) is 5.25. The van der Waals surface area contributed by atoms with E-state index < -0.39 is 9.84 Å². The number of nitrogens with two attached hydrogens (primary N) is 1. The summed E-state index contributed by atoms with van der Waals surface area (Å²) in [4.78, 5) is 2.17. The van der Waals surface area contributed by atoms with E-state index in [9.17, 15) is 8.42 Å². The van der Waals surface area contributed by atoms with E-state index >= 15 is 0 Å². The summed E-state index contributed by atoms with van der Waals surface area (Å²) in [6.45, 7) is 0.535. The van der Waals surface area contributed by atoms with Crippen molar-refractivity contribution in [3.8, 4) is 0 Å². The zero-order valence-corrected chi connectivity index (χ0v) is 12.2. The van der Waals surface area contributed by atoms with Crippen LogP contribution in [0.4, 0.5) is 0 Å². The Balaban J connectivity index is 2.69. The number of benzene rings is 1. The van der Waals surface area contributed by atoms with E-state index in [2.05, 4.69) is 0 Å². The van der Waals surface area contributed by atoms with Gasteiger partial charge in [-0.05, 0) is 19.7 Å². The predicted octanol–water partition coefficient (Wildman–Crippen LogP) is 0.797. The van der Waals surface area contributed by atoms with Gasteiger partial charge in [-0.2, -0.15) is 0 Å². The molecule has 0 spiro atoms. The Morgan fingerprint density at radius 3 is 2.28 bits per heavy atom. The molecule has 0 unspecified atom stereocenters. The lowest BCUT2D eigenvalue weighted by Gasteiger charge is -2.10. The largest absolute Gasteiger partial charge is 0.389 e. The molecule has 4 nitrogen and oxygen atoms in total. The van der Waals surface area contributed by atoms with Gasteiger partial charge in [-0.3, -0.25) is 0 Å². The fraction of sp³-hybridized carbons (Fsp3) is 0.417. The maximum Gasteiger partial charge on any atom is 0.155 e. The van der Waals surface area contributed by atoms with Crippen molar-refractivity contribution in [2.75, 3.05) is 26.4 Å². The normalized spacial score (nSPS) is 11.7. The molecule has 0 aliphatic carbocycles. The fourth-order valence-corrected chi connectivity index (χ4v) is 3.04. The van der Waals surface area contributed by atoms with Gasteiger partial charge in [-0.1, -0.05) is 36.5 Å². The molecule has 0 saturated heterocycles. The summed E-state index contributed by atoms with van der Waals surface area (Å²) in [5.41, 5.74) is 6.99. The van der Waals surface area contributed by atoms with Crippen LogP contribution in [-0.2, 0) is 15.6 Å². The molecule has 2 N–H and O–H groups in total. The molecule has 1 rings (SSSR count). The van der Waals surface area contributed by atoms with Crippen molar-refractivity contribution < 1.29 is 8.42 Å².